The molecule has 0 fully saturated rings. The number of benzene rings is 1. The Bertz CT molecular complexity index is 981. The summed E-state index contributed by atoms with van der Waals surface area (Å²) in [4.78, 5) is 29.2. The third-order valence-corrected chi connectivity index (χ3v) is 4.19. The van der Waals surface area contributed by atoms with Crippen LogP contribution in [0.25, 0.3) is 10.8 Å². The largest absolute Gasteiger partial charge is 0.461 e. The van der Waals surface area contributed by atoms with E-state index >= 15 is 0 Å². The lowest BCUT2D eigenvalue weighted by atomic mass is 10.1. The zero-order valence-corrected chi connectivity index (χ0v) is 15.6. The van der Waals surface area contributed by atoms with Crippen molar-refractivity contribution in [3.63, 3.8) is 0 Å². The maximum Gasteiger partial charge on any atom is 0.359 e. The predicted octanol–water partition coefficient (Wildman–Crippen LogP) is 3.24. The quantitative estimate of drug-likeness (QED) is 0.475. The smallest absolute Gasteiger partial charge is 0.359 e. The molecule has 0 aliphatic heterocycles. The van der Waals surface area contributed by atoms with Crippen molar-refractivity contribution in [2.75, 3.05) is 6.61 Å². The molecule has 140 valence electrons. The average Bonchev–Trinajstić information content (AvgIpc) is 2.68. The van der Waals surface area contributed by atoms with Crippen LogP contribution in [0.1, 0.15) is 36.3 Å². The van der Waals surface area contributed by atoms with E-state index in [1.54, 1.807) is 36.7 Å². The molecular formula is C21H23N3O3. The van der Waals surface area contributed by atoms with Crippen molar-refractivity contribution in [2.45, 2.75) is 33.2 Å². The highest BCUT2D eigenvalue weighted by atomic mass is 16.5. The van der Waals surface area contributed by atoms with Gasteiger partial charge in [0.15, 0.2) is 5.69 Å². The van der Waals surface area contributed by atoms with Gasteiger partial charge in [0.05, 0.1) is 12.0 Å². The van der Waals surface area contributed by atoms with Crippen molar-refractivity contribution in [1.29, 1.82) is 0 Å². The SMILES string of the molecule is CC(C)Cn1nc(C(=O)OCCCc2ccncc2)c2ccccc2c1=O. The zero-order valence-electron chi connectivity index (χ0n) is 15.6. The summed E-state index contributed by atoms with van der Waals surface area (Å²) in [6, 6.07) is 10.9. The first-order chi connectivity index (χ1) is 13.1. The van der Waals surface area contributed by atoms with Crippen molar-refractivity contribution < 1.29 is 9.53 Å². The van der Waals surface area contributed by atoms with Gasteiger partial charge in [-0.15, -0.1) is 0 Å². The lowest BCUT2D eigenvalue weighted by molar-refractivity contribution is 0.0493. The second-order valence-corrected chi connectivity index (χ2v) is 6.87. The van der Waals surface area contributed by atoms with E-state index in [-0.39, 0.29) is 17.2 Å². The highest BCUT2D eigenvalue weighted by Gasteiger charge is 2.18. The highest BCUT2D eigenvalue weighted by molar-refractivity contribution is 6.02. The van der Waals surface area contributed by atoms with E-state index in [1.165, 1.54) is 4.68 Å². The molecule has 0 amide bonds. The maximum atomic E-state index is 12.6. The molecule has 6 heteroatoms. The first-order valence-electron chi connectivity index (χ1n) is 9.12. The van der Waals surface area contributed by atoms with Crippen LogP contribution in [0, 0.1) is 5.92 Å². The number of aryl methyl sites for hydroxylation is 1. The van der Waals surface area contributed by atoms with E-state index in [1.807, 2.05) is 26.0 Å². The van der Waals surface area contributed by atoms with Gasteiger partial charge >= 0.3 is 5.97 Å². The molecule has 2 heterocycles. The first kappa shape index (κ1) is 18.8. The lowest BCUT2D eigenvalue weighted by Gasteiger charge is -2.12. The van der Waals surface area contributed by atoms with Gasteiger partial charge in [0.2, 0.25) is 0 Å². The van der Waals surface area contributed by atoms with Crippen molar-refractivity contribution in [2.24, 2.45) is 5.92 Å². The molecule has 0 atom stereocenters. The maximum absolute atomic E-state index is 12.6. The summed E-state index contributed by atoms with van der Waals surface area (Å²) in [6.07, 6.45) is 5.00. The van der Waals surface area contributed by atoms with Gasteiger partial charge in [0.1, 0.15) is 0 Å². The summed E-state index contributed by atoms with van der Waals surface area (Å²) >= 11 is 0. The molecule has 0 aliphatic carbocycles. The summed E-state index contributed by atoms with van der Waals surface area (Å²) in [7, 11) is 0. The molecule has 0 aliphatic rings. The second kappa shape index (κ2) is 8.58. The van der Waals surface area contributed by atoms with Gasteiger partial charge in [-0.1, -0.05) is 32.0 Å². The molecule has 27 heavy (non-hydrogen) atoms. The Morgan fingerprint density at radius 1 is 1.11 bits per heavy atom. The van der Waals surface area contributed by atoms with Gasteiger partial charge in [-0.3, -0.25) is 9.78 Å². The number of hydrogen-bond acceptors (Lipinski definition) is 5. The van der Waals surface area contributed by atoms with Crippen molar-refractivity contribution in [3.05, 3.63) is 70.4 Å². The minimum absolute atomic E-state index is 0.187. The van der Waals surface area contributed by atoms with E-state index < -0.39 is 5.97 Å². The van der Waals surface area contributed by atoms with Crippen LogP contribution in [0.15, 0.2) is 53.6 Å². The Morgan fingerprint density at radius 3 is 2.52 bits per heavy atom. The van der Waals surface area contributed by atoms with Crippen LogP contribution in [0.3, 0.4) is 0 Å². The fourth-order valence-electron chi connectivity index (χ4n) is 2.91. The third-order valence-electron chi connectivity index (χ3n) is 4.19. The molecule has 0 saturated heterocycles. The van der Waals surface area contributed by atoms with E-state index in [0.717, 1.165) is 12.0 Å². The number of esters is 1. The van der Waals surface area contributed by atoms with Gasteiger partial charge in [0.25, 0.3) is 5.56 Å². The summed E-state index contributed by atoms with van der Waals surface area (Å²) in [5.41, 5.74) is 1.15. The zero-order chi connectivity index (χ0) is 19.2. The number of nitrogens with zero attached hydrogens (tertiary/aromatic N) is 3. The molecule has 0 radical (unpaired) electrons. The van der Waals surface area contributed by atoms with E-state index in [0.29, 0.717) is 30.3 Å². The van der Waals surface area contributed by atoms with Crippen LogP contribution in [-0.4, -0.2) is 27.3 Å². The number of rotatable bonds is 7. The molecule has 0 N–H and O–H groups in total. The summed E-state index contributed by atoms with van der Waals surface area (Å²) in [5, 5.41) is 5.31. The van der Waals surface area contributed by atoms with Crippen LogP contribution in [-0.2, 0) is 17.7 Å². The van der Waals surface area contributed by atoms with E-state index in [9.17, 15) is 9.59 Å². The molecule has 3 rings (SSSR count). The molecule has 1 aromatic carbocycles. The first-order valence-corrected chi connectivity index (χ1v) is 9.12. The molecule has 0 bridgehead atoms. The number of fused-ring (bicyclic) bond motifs is 1. The third kappa shape index (κ3) is 4.58. The second-order valence-electron chi connectivity index (χ2n) is 6.87. The molecule has 3 aromatic rings. The lowest BCUT2D eigenvalue weighted by Crippen LogP contribution is -2.28. The highest BCUT2D eigenvalue weighted by Crippen LogP contribution is 2.15. The summed E-state index contributed by atoms with van der Waals surface area (Å²) in [6.45, 7) is 4.74. The number of aromatic nitrogens is 3. The number of carbonyl (C=O) groups is 1. The number of ether oxygens (including phenoxy) is 1. The molecule has 0 spiro atoms. The van der Waals surface area contributed by atoms with Gasteiger partial charge in [0, 0.05) is 24.3 Å². The van der Waals surface area contributed by atoms with Gasteiger partial charge in [-0.2, -0.15) is 5.10 Å². The Morgan fingerprint density at radius 2 is 1.81 bits per heavy atom. The van der Waals surface area contributed by atoms with Gasteiger partial charge < -0.3 is 4.74 Å². The molecule has 6 nitrogen and oxygen atoms in total. The molecular weight excluding hydrogens is 342 g/mol. The average molecular weight is 365 g/mol. The Hall–Kier alpha value is -3.02. The van der Waals surface area contributed by atoms with Crippen molar-refractivity contribution in [3.8, 4) is 0 Å². The van der Waals surface area contributed by atoms with E-state index in [4.69, 9.17) is 4.74 Å². The van der Waals surface area contributed by atoms with Crippen LogP contribution in [0.5, 0.6) is 0 Å². The Labute approximate surface area is 157 Å². The summed E-state index contributed by atoms with van der Waals surface area (Å²) in [5.74, 6) is -0.265. The monoisotopic (exact) mass is 365 g/mol. The van der Waals surface area contributed by atoms with Crippen molar-refractivity contribution in [1.82, 2.24) is 14.8 Å². The standard InChI is InChI=1S/C21H23N3O3/c1-15(2)14-24-20(25)18-8-4-3-7-17(18)19(23-24)21(26)27-13-5-6-16-9-11-22-12-10-16/h3-4,7-12,15H,5-6,13-14H2,1-2H3. The van der Waals surface area contributed by atoms with Crippen LogP contribution < -0.4 is 5.56 Å². The van der Waals surface area contributed by atoms with Crippen LogP contribution >= 0.6 is 0 Å². The fourth-order valence-corrected chi connectivity index (χ4v) is 2.91. The normalized spacial score (nSPS) is 11.1. The predicted molar refractivity (Wildman–Crippen MR) is 104 cm³/mol. The van der Waals surface area contributed by atoms with Crippen molar-refractivity contribution >= 4 is 16.7 Å². The number of hydrogen-bond donors (Lipinski definition) is 0. The Kier molecular flexibility index (Phi) is 5.96. The topological polar surface area (TPSA) is 74.1 Å². The minimum Gasteiger partial charge on any atom is -0.461 e. The molecule has 0 unspecified atom stereocenters. The van der Waals surface area contributed by atoms with E-state index in [2.05, 4.69) is 10.1 Å². The van der Waals surface area contributed by atoms with Crippen LogP contribution in [0.4, 0.5) is 0 Å². The summed E-state index contributed by atoms with van der Waals surface area (Å²) < 4.78 is 6.79. The fraction of sp³-hybridized carbons (Fsp3) is 0.333. The minimum atomic E-state index is -0.501. The Balaban J connectivity index is 1.77. The van der Waals surface area contributed by atoms with Gasteiger partial charge in [-0.05, 0) is 42.5 Å². The number of carbonyl (C=O) groups excluding carboxylic acids is 1. The van der Waals surface area contributed by atoms with Gasteiger partial charge in [-0.25, -0.2) is 9.48 Å². The molecule has 0 saturated carbocycles. The van der Waals surface area contributed by atoms with Crippen LogP contribution in [0.2, 0.25) is 0 Å². The molecule has 2 aromatic heterocycles. The number of pyridine rings is 1.